The number of aryl methyl sites for hydroxylation is 1. The van der Waals surface area contributed by atoms with E-state index in [0.717, 1.165) is 48.5 Å². The SMILES string of the molecule is Cc1ccc(C2(C#N)CCC(F)(F)CC2)cc1F.N#CC1(c2ccc(O)c(F)c2)CCC(F)(F)CC1.[2H]C([2H])([2H])Oc1ccc(C2(C#N)CCC(F)(F)CC2)cc1F.[2H]C([2H])([2H])Oc1ccc(C2(C(=O)O)CCC(F)(F)CC2)cc1F.[2H]C([2H])([2H])Oc1ccc(C2(C=O)CCC(F)(F)CC2)cc1F. The summed E-state index contributed by atoms with van der Waals surface area (Å²) in [5.74, 6) is -21.4. The molecule has 0 aromatic heterocycles. The Morgan fingerprint density at radius 1 is 0.426 bits per heavy atom. The van der Waals surface area contributed by atoms with Crippen LogP contribution in [0.1, 0.15) is 174 Å². The van der Waals surface area contributed by atoms with E-state index in [2.05, 4.69) is 20.3 Å². The molecule has 5 aromatic rings. The van der Waals surface area contributed by atoms with Gasteiger partial charge in [0.25, 0.3) is 0 Å². The largest absolute Gasteiger partial charge is 0.505 e. The Hall–Kier alpha value is -8.14. The minimum atomic E-state index is -2.93. The Morgan fingerprint density at radius 2 is 0.713 bits per heavy atom. The summed E-state index contributed by atoms with van der Waals surface area (Å²) < 4.78 is 277. The van der Waals surface area contributed by atoms with Gasteiger partial charge in [-0.2, -0.15) is 15.8 Å². The topological polar surface area (TPSA) is 174 Å². The zero-order valence-corrected chi connectivity index (χ0v) is 50.3. The highest BCUT2D eigenvalue weighted by molar-refractivity contribution is 5.81. The first kappa shape index (κ1) is 62.0. The number of nitriles is 3. The first-order chi connectivity index (χ1) is 47.4. The highest BCUT2D eigenvalue weighted by atomic mass is 19.3. The number of methoxy groups -OCH3 is 3. The molecule has 0 bridgehead atoms. The van der Waals surface area contributed by atoms with Crippen molar-refractivity contribution in [3.63, 3.8) is 0 Å². The molecule has 0 radical (unpaired) electrons. The lowest BCUT2D eigenvalue weighted by molar-refractivity contribution is -0.149. The van der Waals surface area contributed by atoms with E-state index >= 15 is 0 Å². The van der Waals surface area contributed by atoms with Crippen molar-refractivity contribution in [1.29, 1.82) is 15.8 Å². The van der Waals surface area contributed by atoms with E-state index in [1.165, 1.54) is 30.3 Å². The van der Waals surface area contributed by atoms with Crippen molar-refractivity contribution in [2.75, 3.05) is 21.1 Å². The fourth-order valence-electron chi connectivity index (χ4n) is 12.1. The summed E-state index contributed by atoms with van der Waals surface area (Å²) in [6.45, 7) is 1.63. The number of aliphatic carboxylic acids is 1. The second-order valence-corrected chi connectivity index (χ2v) is 24.4. The van der Waals surface area contributed by atoms with Gasteiger partial charge < -0.3 is 29.2 Å². The molecule has 5 aliphatic rings. The smallest absolute Gasteiger partial charge is 0.314 e. The number of hydrogen-bond acceptors (Lipinski definition) is 9. The zero-order valence-electron chi connectivity index (χ0n) is 59.3. The predicted octanol–water partition coefficient (Wildman–Crippen LogP) is 18.3. The molecule has 94 heavy (non-hydrogen) atoms. The number of rotatable bonds is 10. The molecule has 0 aliphatic heterocycles. The van der Waals surface area contributed by atoms with Crippen LogP contribution in [0.5, 0.6) is 23.0 Å². The molecule has 0 unspecified atom stereocenters. The van der Waals surface area contributed by atoms with Crippen LogP contribution in [-0.2, 0) is 36.7 Å². The Labute approximate surface area is 546 Å². The Bertz CT molecular complexity index is 3850. The van der Waals surface area contributed by atoms with Gasteiger partial charge in [0.1, 0.15) is 12.1 Å². The summed E-state index contributed by atoms with van der Waals surface area (Å²) >= 11 is 0. The van der Waals surface area contributed by atoms with Crippen LogP contribution in [0.3, 0.4) is 0 Å². The summed E-state index contributed by atoms with van der Waals surface area (Å²) in [6.07, 6.45) is -4.55. The monoisotopic (exact) mass is 1350 g/mol. The van der Waals surface area contributed by atoms with Gasteiger partial charge in [0.2, 0.25) is 29.6 Å². The predicted molar refractivity (Wildman–Crippen MR) is 314 cm³/mol. The average Bonchev–Trinajstić information content (AvgIpc) is 0.803. The maximum atomic E-state index is 14.0. The normalized spacial score (nSPS) is 22.7. The highest BCUT2D eigenvalue weighted by Crippen LogP contribution is 2.51. The molecule has 0 amide bonds. The molecule has 5 fully saturated rings. The fourth-order valence-corrected chi connectivity index (χ4v) is 12.1. The molecule has 0 spiro atoms. The van der Waals surface area contributed by atoms with Crippen molar-refractivity contribution < 1.29 is 112 Å². The van der Waals surface area contributed by atoms with E-state index in [-0.39, 0.29) is 112 Å². The van der Waals surface area contributed by atoms with Gasteiger partial charge in [-0.25, -0.2) is 65.9 Å². The van der Waals surface area contributed by atoms with E-state index in [1.54, 1.807) is 19.1 Å². The van der Waals surface area contributed by atoms with Crippen LogP contribution in [-0.4, -0.2) is 73.2 Å². The number of phenolic OH excluding ortho intramolecular Hbond substituents is 1. The molecule has 25 heteroatoms. The van der Waals surface area contributed by atoms with Gasteiger partial charge in [-0.1, -0.05) is 36.4 Å². The number of carboxylic acids is 1. The number of carbonyl (C=O) groups is 2. The molecule has 2 N–H and O–H groups in total. The minimum absolute atomic E-state index is 0.000710. The van der Waals surface area contributed by atoms with Crippen molar-refractivity contribution in [2.24, 2.45) is 0 Å². The third kappa shape index (κ3) is 17.6. The highest BCUT2D eigenvalue weighted by Gasteiger charge is 2.51. The first-order valence-corrected chi connectivity index (χ1v) is 29.4. The molecule has 0 heterocycles. The maximum absolute atomic E-state index is 14.0. The van der Waals surface area contributed by atoms with Crippen LogP contribution in [0, 0.1) is 70.0 Å². The number of phenols is 1. The quantitative estimate of drug-likeness (QED) is 0.101. The second-order valence-electron chi connectivity index (χ2n) is 24.4. The maximum Gasteiger partial charge on any atom is 0.314 e. The van der Waals surface area contributed by atoms with Gasteiger partial charge >= 0.3 is 5.97 Å². The van der Waals surface area contributed by atoms with Gasteiger partial charge in [0.05, 0.1) is 78.7 Å². The van der Waals surface area contributed by atoms with E-state index in [4.69, 9.17) is 17.4 Å². The van der Waals surface area contributed by atoms with E-state index in [1.807, 2.05) is 12.1 Å². The Kier molecular flexibility index (Phi) is 19.6. The van der Waals surface area contributed by atoms with Crippen molar-refractivity contribution in [2.45, 2.75) is 192 Å². The molecule has 0 saturated heterocycles. The first-order valence-electron chi connectivity index (χ1n) is 33.9. The molecule has 5 aliphatic carbocycles. The molecule has 10 nitrogen and oxygen atoms in total. The van der Waals surface area contributed by atoms with E-state index < -0.39 is 169 Å². The fraction of sp³-hybridized carbons (Fsp3) is 0.493. The number of nitrogens with zero attached hydrogens (tertiary/aromatic N) is 3. The number of aldehydes is 1. The average molecular weight is 1350 g/mol. The van der Waals surface area contributed by atoms with Crippen molar-refractivity contribution in [3.8, 4) is 41.2 Å². The molecule has 0 atom stereocenters. The molecular weight excluding hydrogens is 1270 g/mol. The number of benzene rings is 5. The summed E-state index contributed by atoms with van der Waals surface area (Å²) in [5, 5.41) is 46.5. The van der Waals surface area contributed by atoms with Crippen molar-refractivity contribution in [3.05, 3.63) is 153 Å². The zero-order chi connectivity index (χ0) is 77.4. The van der Waals surface area contributed by atoms with Crippen LogP contribution < -0.4 is 14.2 Å². The minimum Gasteiger partial charge on any atom is -0.505 e. The van der Waals surface area contributed by atoms with Crippen LogP contribution in [0.2, 0.25) is 0 Å². The van der Waals surface area contributed by atoms with E-state index in [0.29, 0.717) is 23.0 Å². The summed E-state index contributed by atoms with van der Waals surface area (Å²) in [4.78, 5) is 23.1. The number of alkyl halides is 10. The van der Waals surface area contributed by atoms with Crippen LogP contribution in [0.25, 0.3) is 0 Å². The molecule has 508 valence electrons. The van der Waals surface area contributed by atoms with Crippen LogP contribution in [0.4, 0.5) is 65.9 Å². The van der Waals surface area contributed by atoms with E-state index in [9.17, 15) is 96.3 Å². The van der Waals surface area contributed by atoms with Gasteiger partial charge in [-0.05, 0) is 159 Å². The number of ether oxygens (including phenoxy) is 3. The van der Waals surface area contributed by atoms with Gasteiger partial charge in [0, 0.05) is 64.2 Å². The molecule has 5 saturated carbocycles. The van der Waals surface area contributed by atoms with Gasteiger partial charge in [-0.15, -0.1) is 0 Å². The van der Waals surface area contributed by atoms with Gasteiger partial charge in [0.15, 0.2) is 46.3 Å². The van der Waals surface area contributed by atoms with Gasteiger partial charge in [-0.3, -0.25) is 4.79 Å². The van der Waals surface area contributed by atoms with Crippen molar-refractivity contribution in [1.82, 2.24) is 0 Å². The lowest BCUT2D eigenvalue weighted by Crippen LogP contribution is -2.42. The van der Waals surface area contributed by atoms with Crippen molar-refractivity contribution >= 4 is 12.3 Å². The van der Waals surface area contributed by atoms with Crippen LogP contribution in [0.15, 0.2) is 91.0 Å². The summed E-state index contributed by atoms with van der Waals surface area (Å²) in [7, 11) is -8.43. The number of aromatic hydroxyl groups is 1. The number of carboxylic acid groups (broad SMARTS) is 1. The number of carbonyl (C=O) groups excluding carboxylic acids is 1. The molecule has 10 rings (SSSR count). The third-order valence-corrected chi connectivity index (χ3v) is 18.5. The van der Waals surface area contributed by atoms with Crippen LogP contribution >= 0.6 is 0 Å². The summed E-state index contributed by atoms with van der Waals surface area (Å²) in [5.41, 5.74) is -4.08. The second kappa shape index (κ2) is 29.7. The Balaban J connectivity index is 0.000000203. The Morgan fingerprint density at radius 3 is 1.03 bits per heavy atom. The lowest BCUT2D eigenvalue weighted by atomic mass is 9.68. The molecular formula is C69H70F15N3O7. The lowest BCUT2D eigenvalue weighted by Gasteiger charge is -2.37. The third-order valence-electron chi connectivity index (χ3n) is 18.5. The number of halogens is 15. The molecule has 5 aromatic carbocycles. The standard InChI is InChI=1S/C14H14F3NO.C14H14F3N.C14H15F3O3.C14H15F3O2.C13H12F3NO/c1-19-12-3-2-10(8-11(12)15)13(9-18)4-6-14(16,17)7-5-13;1-10-2-3-11(8-12(10)15)13(9-18)4-6-14(16,17)7-5-13;1-20-11-3-2-9(8-10(11)15)13(12(18)19)4-6-14(16,17)7-5-13;1-19-12-3-2-10(8-11(12)15)13(9-18)4-6-14(16,17)7-5-13;14-10-7-9(1-2-11(10)18)12(8-17)3-5-13(15,16)6-4-12/h2-3,8H,4-7H2,1H3;2-3,8H,4-7H2,1H3;2-3,8H,4-7H2,1H3,(H,18,19);2-3,8-9H,4-7H2,1H3;1-2,7,18H,3-6H2/i1D3;;2*1D3;. The number of hydrogen-bond donors (Lipinski definition) is 2. The summed E-state index contributed by atoms with van der Waals surface area (Å²) in [6, 6.07) is 24.3.